The first-order chi connectivity index (χ1) is 11.8. The second-order valence-corrected chi connectivity index (χ2v) is 7.01. The van der Waals surface area contributed by atoms with E-state index in [2.05, 4.69) is 43.0 Å². The Labute approximate surface area is 155 Å². The van der Waals surface area contributed by atoms with Crippen molar-refractivity contribution in [1.82, 2.24) is 15.3 Å². The number of aromatic nitrogens is 2. The van der Waals surface area contributed by atoms with Crippen LogP contribution in [0.1, 0.15) is 41.9 Å². The summed E-state index contributed by atoms with van der Waals surface area (Å²) in [6, 6.07) is 4.14. The van der Waals surface area contributed by atoms with Crippen LogP contribution in [0.5, 0.6) is 0 Å². The van der Waals surface area contributed by atoms with Gasteiger partial charge in [0, 0.05) is 22.7 Å². The van der Waals surface area contributed by atoms with Gasteiger partial charge in [0.25, 0.3) is 0 Å². The molecule has 1 N–H and O–H groups in total. The van der Waals surface area contributed by atoms with E-state index in [9.17, 15) is 0 Å². The van der Waals surface area contributed by atoms with Gasteiger partial charge in [0.05, 0.1) is 22.6 Å². The van der Waals surface area contributed by atoms with Crippen molar-refractivity contribution in [2.75, 3.05) is 6.54 Å². The molecule has 0 aromatic carbocycles. The highest BCUT2D eigenvalue weighted by atomic mass is 35.5. The molecule has 0 fully saturated rings. The summed E-state index contributed by atoms with van der Waals surface area (Å²) < 4.78 is 0. The van der Waals surface area contributed by atoms with Gasteiger partial charge in [-0.3, -0.25) is 4.98 Å². The number of nitrogens with one attached hydrogen (secondary N) is 1. The monoisotopic (exact) mass is 355 g/mol. The second-order valence-electron chi connectivity index (χ2n) is 6.47. The van der Waals surface area contributed by atoms with Gasteiger partial charge >= 0.3 is 0 Å². The third-order valence-electron chi connectivity index (χ3n) is 4.23. The number of aryl methyl sites for hydroxylation is 3. The number of hydrogen-bond acceptors (Lipinski definition) is 3. The summed E-state index contributed by atoms with van der Waals surface area (Å²) in [5.41, 5.74) is 6.78. The molecule has 0 saturated carbocycles. The molecular formula is C21H26ClN3. The number of nitrogens with zero attached hydrogens (tertiary/aromatic N) is 2. The van der Waals surface area contributed by atoms with Gasteiger partial charge in [0.1, 0.15) is 0 Å². The Morgan fingerprint density at radius 3 is 2.48 bits per heavy atom. The van der Waals surface area contributed by atoms with E-state index in [0.29, 0.717) is 11.6 Å². The minimum absolute atomic E-state index is 0.679. The van der Waals surface area contributed by atoms with Crippen LogP contribution >= 0.6 is 11.6 Å². The van der Waals surface area contributed by atoms with Crippen LogP contribution in [0.3, 0.4) is 0 Å². The van der Waals surface area contributed by atoms with E-state index in [-0.39, 0.29) is 0 Å². The van der Waals surface area contributed by atoms with Gasteiger partial charge in [0.15, 0.2) is 0 Å². The third-order valence-corrected chi connectivity index (χ3v) is 4.42. The zero-order valence-corrected chi connectivity index (χ0v) is 16.1. The lowest BCUT2D eigenvalue weighted by atomic mass is 10.0. The maximum atomic E-state index is 5.79. The Balaban J connectivity index is 2.09. The number of allylic oxidation sites excluding steroid dienone is 1. The number of halogens is 1. The Morgan fingerprint density at radius 2 is 1.80 bits per heavy atom. The highest BCUT2D eigenvalue weighted by Gasteiger charge is 2.12. The minimum atomic E-state index is 0.679. The van der Waals surface area contributed by atoms with Crippen molar-refractivity contribution in [3.8, 4) is 0 Å². The van der Waals surface area contributed by atoms with Crippen molar-refractivity contribution in [2.45, 2.75) is 40.0 Å². The number of rotatable bonds is 8. The van der Waals surface area contributed by atoms with E-state index in [1.165, 1.54) is 0 Å². The summed E-state index contributed by atoms with van der Waals surface area (Å²) in [6.45, 7) is 18.7. The molecule has 0 saturated heterocycles. The molecule has 3 nitrogen and oxygen atoms in total. The van der Waals surface area contributed by atoms with E-state index in [0.717, 1.165) is 64.1 Å². The predicted octanol–water partition coefficient (Wildman–Crippen LogP) is 5.59. The van der Waals surface area contributed by atoms with Crippen LogP contribution in [-0.4, -0.2) is 16.5 Å². The van der Waals surface area contributed by atoms with Crippen molar-refractivity contribution in [2.24, 2.45) is 0 Å². The SMILES string of the molecule is C=C(Cl)CCCC(=C)CNC(=C)c1nc(C)c2nc(C)ccc2c1C. The molecule has 2 aromatic heterocycles. The normalized spacial score (nSPS) is 10.7. The molecular weight excluding hydrogens is 330 g/mol. The van der Waals surface area contributed by atoms with Crippen molar-refractivity contribution in [1.29, 1.82) is 0 Å². The van der Waals surface area contributed by atoms with E-state index in [1.807, 2.05) is 19.9 Å². The smallest absolute Gasteiger partial charge is 0.0920 e. The summed E-state index contributed by atoms with van der Waals surface area (Å²) in [5.74, 6) is 0. The first-order valence-electron chi connectivity index (χ1n) is 8.47. The molecule has 0 bridgehead atoms. The van der Waals surface area contributed by atoms with Gasteiger partial charge in [-0.15, -0.1) is 0 Å². The molecule has 0 unspecified atom stereocenters. The second kappa shape index (κ2) is 8.30. The molecule has 2 aromatic rings. The van der Waals surface area contributed by atoms with E-state index >= 15 is 0 Å². The van der Waals surface area contributed by atoms with E-state index in [1.54, 1.807) is 0 Å². The molecule has 2 rings (SSSR count). The van der Waals surface area contributed by atoms with Crippen LogP contribution in [0, 0.1) is 20.8 Å². The molecule has 0 atom stereocenters. The van der Waals surface area contributed by atoms with Crippen molar-refractivity contribution >= 4 is 28.2 Å². The molecule has 25 heavy (non-hydrogen) atoms. The summed E-state index contributed by atoms with van der Waals surface area (Å²) in [4.78, 5) is 9.34. The summed E-state index contributed by atoms with van der Waals surface area (Å²) in [5, 5.41) is 5.16. The lowest BCUT2D eigenvalue weighted by molar-refractivity contribution is 0.788. The molecule has 0 radical (unpaired) electrons. The maximum absolute atomic E-state index is 5.79. The molecule has 0 aliphatic heterocycles. The summed E-state index contributed by atoms with van der Waals surface area (Å²) in [7, 11) is 0. The minimum Gasteiger partial charge on any atom is -0.380 e. The van der Waals surface area contributed by atoms with Gasteiger partial charge in [-0.1, -0.05) is 43.0 Å². The fourth-order valence-corrected chi connectivity index (χ4v) is 2.93. The van der Waals surface area contributed by atoms with Crippen LogP contribution in [0.4, 0.5) is 0 Å². The van der Waals surface area contributed by atoms with Crippen molar-refractivity contribution < 1.29 is 0 Å². The zero-order chi connectivity index (χ0) is 18.6. The molecule has 0 aliphatic rings. The van der Waals surface area contributed by atoms with Crippen molar-refractivity contribution in [3.05, 3.63) is 65.1 Å². The Bertz CT molecular complexity index is 837. The zero-order valence-electron chi connectivity index (χ0n) is 15.4. The van der Waals surface area contributed by atoms with E-state index in [4.69, 9.17) is 16.6 Å². The predicted molar refractivity (Wildman–Crippen MR) is 109 cm³/mol. The van der Waals surface area contributed by atoms with Gasteiger partial charge in [-0.2, -0.15) is 0 Å². The van der Waals surface area contributed by atoms with Crippen LogP contribution in [0.2, 0.25) is 0 Å². The highest BCUT2D eigenvalue weighted by molar-refractivity contribution is 6.29. The third kappa shape index (κ3) is 4.93. The standard InChI is InChI=1S/C21H26ClN3/c1-13(8-7-9-14(2)22)12-23-17(5)20-16(4)19-11-10-15(3)24-21(19)18(6)25-20/h10-11,23H,1-2,5,7-9,12H2,3-4,6H3. The molecule has 2 heterocycles. The Hall–Kier alpha value is -2.13. The highest BCUT2D eigenvalue weighted by Crippen LogP contribution is 2.25. The largest absolute Gasteiger partial charge is 0.380 e. The summed E-state index contributed by atoms with van der Waals surface area (Å²) in [6.07, 6.45) is 2.70. The molecule has 0 spiro atoms. The van der Waals surface area contributed by atoms with Crippen LogP contribution in [0.15, 0.2) is 42.5 Å². The first kappa shape index (κ1) is 19.2. The Kier molecular flexibility index (Phi) is 6.38. The van der Waals surface area contributed by atoms with Gasteiger partial charge in [-0.25, -0.2) is 4.98 Å². The van der Waals surface area contributed by atoms with Gasteiger partial charge in [-0.05, 0) is 51.7 Å². The topological polar surface area (TPSA) is 37.8 Å². The number of fused-ring (bicyclic) bond motifs is 1. The van der Waals surface area contributed by atoms with Crippen LogP contribution < -0.4 is 5.32 Å². The summed E-state index contributed by atoms with van der Waals surface area (Å²) >= 11 is 5.79. The van der Waals surface area contributed by atoms with Crippen molar-refractivity contribution in [3.63, 3.8) is 0 Å². The van der Waals surface area contributed by atoms with Gasteiger partial charge < -0.3 is 5.32 Å². The fraction of sp³-hybridized carbons (Fsp3) is 0.333. The first-order valence-corrected chi connectivity index (χ1v) is 8.85. The average molecular weight is 356 g/mol. The van der Waals surface area contributed by atoms with Crippen LogP contribution in [-0.2, 0) is 0 Å². The lowest BCUT2D eigenvalue weighted by Crippen LogP contribution is -2.16. The fourth-order valence-electron chi connectivity index (χ4n) is 2.80. The van der Waals surface area contributed by atoms with Gasteiger partial charge in [0.2, 0.25) is 0 Å². The number of pyridine rings is 2. The quantitative estimate of drug-likeness (QED) is 0.627. The molecule has 132 valence electrons. The number of hydrogen-bond donors (Lipinski definition) is 1. The maximum Gasteiger partial charge on any atom is 0.0920 e. The Morgan fingerprint density at radius 1 is 1.08 bits per heavy atom. The molecule has 0 amide bonds. The van der Waals surface area contributed by atoms with E-state index < -0.39 is 0 Å². The average Bonchev–Trinajstić information content (AvgIpc) is 2.55. The van der Waals surface area contributed by atoms with Crippen LogP contribution in [0.25, 0.3) is 16.6 Å². The lowest BCUT2D eigenvalue weighted by Gasteiger charge is -2.15. The molecule has 4 heteroatoms. The molecule has 0 aliphatic carbocycles.